The Morgan fingerprint density at radius 2 is 1.80 bits per heavy atom. The van der Waals surface area contributed by atoms with Crippen molar-refractivity contribution < 1.29 is 13.2 Å². The molecule has 114 valence electrons. The maximum absolute atomic E-state index is 12.9. The van der Waals surface area contributed by atoms with Crippen LogP contribution in [0.15, 0.2) is 18.2 Å². The summed E-state index contributed by atoms with van der Waals surface area (Å²) in [6.07, 6.45) is -1.15. The zero-order valence-electron chi connectivity index (χ0n) is 12.4. The highest BCUT2D eigenvalue weighted by Crippen LogP contribution is 2.33. The van der Waals surface area contributed by atoms with Gasteiger partial charge < -0.3 is 5.73 Å². The van der Waals surface area contributed by atoms with Crippen LogP contribution >= 0.6 is 0 Å². The Kier molecular flexibility index (Phi) is 6.06. The predicted molar refractivity (Wildman–Crippen MR) is 76.7 cm³/mol. The molecule has 0 radical (unpaired) electrons. The van der Waals surface area contributed by atoms with Gasteiger partial charge >= 0.3 is 6.18 Å². The van der Waals surface area contributed by atoms with Gasteiger partial charge in [-0.2, -0.15) is 13.2 Å². The lowest BCUT2D eigenvalue weighted by Crippen LogP contribution is -2.14. The van der Waals surface area contributed by atoms with E-state index in [1.807, 2.05) is 26.8 Å². The standard InChI is InChI=1S/C16H24F3N/c1-4-11(2)14-8-13(7-5-6-12(3)20)9-15(10-14)16(17,18)19/h8-12H,4-7,20H2,1-3H3/t11?,12-/m0/s1. The molecule has 0 aliphatic heterocycles. The Labute approximate surface area is 119 Å². The molecule has 0 aliphatic rings. The van der Waals surface area contributed by atoms with Crippen molar-refractivity contribution in [3.8, 4) is 0 Å². The van der Waals surface area contributed by atoms with E-state index in [0.29, 0.717) is 6.42 Å². The third-order valence-corrected chi connectivity index (χ3v) is 3.65. The van der Waals surface area contributed by atoms with Crippen molar-refractivity contribution in [2.45, 2.75) is 64.6 Å². The highest BCUT2D eigenvalue weighted by Gasteiger charge is 2.31. The van der Waals surface area contributed by atoms with E-state index in [0.717, 1.165) is 30.4 Å². The van der Waals surface area contributed by atoms with Gasteiger partial charge in [0, 0.05) is 6.04 Å². The van der Waals surface area contributed by atoms with Crippen molar-refractivity contribution in [3.05, 3.63) is 34.9 Å². The molecule has 1 unspecified atom stereocenters. The van der Waals surface area contributed by atoms with Gasteiger partial charge in [0.2, 0.25) is 0 Å². The molecule has 0 saturated carbocycles. The second-order valence-corrected chi connectivity index (χ2v) is 5.64. The van der Waals surface area contributed by atoms with Crippen LogP contribution in [0, 0.1) is 0 Å². The molecule has 0 saturated heterocycles. The maximum atomic E-state index is 12.9. The molecular weight excluding hydrogens is 263 g/mol. The van der Waals surface area contributed by atoms with Crippen LogP contribution < -0.4 is 5.73 Å². The molecule has 2 atom stereocenters. The number of benzene rings is 1. The molecule has 1 rings (SSSR count). The van der Waals surface area contributed by atoms with Crippen LogP contribution in [0.3, 0.4) is 0 Å². The fourth-order valence-electron chi connectivity index (χ4n) is 2.17. The van der Waals surface area contributed by atoms with Crippen LogP contribution in [0.25, 0.3) is 0 Å². The van der Waals surface area contributed by atoms with Crippen molar-refractivity contribution >= 4 is 0 Å². The van der Waals surface area contributed by atoms with Gasteiger partial charge in [-0.1, -0.05) is 19.9 Å². The molecule has 2 N–H and O–H groups in total. The van der Waals surface area contributed by atoms with E-state index in [4.69, 9.17) is 5.73 Å². The number of hydrogen-bond acceptors (Lipinski definition) is 1. The SMILES string of the molecule is CCC(C)c1cc(CCC[C@H](C)N)cc(C(F)(F)F)c1. The minimum absolute atomic E-state index is 0.0924. The third kappa shape index (κ3) is 5.16. The Morgan fingerprint density at radius 3 is 2.30 bits per heavy atom. The molecule has 20 heavy (non-hydrogen) atoms. The summed E-state index contributed by atoms with van der Waals surface area (Å²) in [6.45, 7) is 5.86. The minimum atomic E-state index is -4.28. The van der Waals surface area contributed by atoms with Crippen LogP contribution in [-0.4, -0.2) is 6.04 Å². The molecule has 1 aromatic carbocycles. The van der Waals surface area contributed by atoms with E-state index in [2.05, 4.69) is 0 Å². The lowest BCUT2D eigenvalue weighted by molar-refractivity contribution is -0.137. The van der Waals surface area contributed by atoms with Crippen LogP contribution in [0.1, 0.15) is 62.6 Å². The largest absolute Gasteiger partial charge is 0.416 e. The fraction of sp³-hybridized carbons (Fsp3) is 0.625. The van der Waals surface area contributed by atoms with Gasteiger partial charge in [0.15, 0.2) is 0 Å². The van der Waals surface area contributed by atoms with Gasteiger partial charge in [0.05, 0.1) is 5.56 Å². The first kappa shape index (κ1) is 17.0. The van der Waals surface area contributed by atoms with Crippen LogP contribution in [0.4, 0.5) is 13.2 Å². The van der Waals surface area contributed by atoms with Crippen molar-refractivity contribution in [2.75, 3.05) is 0 Å². The van der Waals surface area contributed by atoms with Gasteiger partial charge in [-0.25, -0.2) is 0 Å². The summed E-state index contributed by atoms with van der Waals surface area (Å²) in [5.74, 6) is 0.143. The van der Waals surface area contributed by atoms with Crippen molar-refractivity contribution in [2.24, 2.45) is 5.73 Å². The van der Waals surface area contributed by atoms with Crippen molar-refractivity contribution in [1.82, 2.24) is 0 Å². The van der Waals surface area contributed by atoms with E-state index in [-0.39, 0.29) is 12.0 Å². The summed E-state index contributed by atoms with van der Waals surface area (Å²) in [7, 11) is 0. The summed E-state index contributed by atoms with van der Waals surface area (Å²) < 4.78 is 38.8. The second-order valence-electron chi connectivity index (χ2n) is 5.64. The van der Waals surface area contributed by atoms with E-state index in [1.165, 1.54) is 12.1 Å². The van der Waals surface area contributed by atoms with Gasteiger partial charge in [-0.3, -0.25) is 0 Å². The molecule has 0 fully saturated rings. The zero-order chi connectivity index (χ0) is 15.3. The normalized spacial score (nSPS) is 15.2. The van der Waals surface area contributed by atoms with Crippen LogP contribution in [0.2, 0.25) is 0 Å². The van der Waals surface area contributed by atoms with Gasteiger partial charge in [-0.15, -0.1) is 0 Å². The quantitative estimate of drug-likeness (QED) is 0.792. The fourth-order valence-corrected chi connectivity index (χ4v) is 2.17. The van der Waals surface area contributed by atoms with Gasteiger partial charge in [-0.05, 0) is 61.8 Å². The lowest BCUT2D eigenvalue weighted by Gasteiger charge is -2.16. The minimum Gasteiger partial charge on any atom is -0.328 e. The molecule has 0 aromatic heterocycles. The molecule has 0 aliphatic carbocycles. The van der Waals surface area contributed by atoms with E-state index < -0.39 is 11.7 Å². The highest BCUT2D eigenvalue weighted by atomic mass is 19.4. The monoisotopic (exact) mass is 287 g/mol. The summed E-state index contributed by atoms with van der Waals surface area (Å²) in [5, 5.41) is 0. The Morgan fingerprint density at radius 1 is 1.15 bits per heavy atom. The predicted octanol–water partition coefficient (Wildman–Crippen LogP) is 4.89. The van der Waals surface area contributed by atoms with Gasteiger partial charge in [0.1, 0.15) is 0 Å². The Bertz CT molecular complexity index is 424. The maximum Gasteiger partial charge on any atom is 0.416 e. The molecule has 0 heterocycles. The smallest absolute Gasteiger partial charge is 0.328 e. The van der Waals surface area contributed by atoms with E-state index in [9.17, 15) is 13.2 Å². The number of hydrogen-bond donors (Lipinski definition) is 1. The average Bonchev–Trinajstić information content (AvgIpc) is 2.36. The lowest BCUT2D eigenvalue weighted by atomic mass is 9.92. The van der Waals surface area contributed by atoms with Gasteiger partial charge in [0.25, 0.3) is 0 Å². The molecule has 0 amide bonds. The highest BCUT2D eigenvalue weighted by molar-refractivity contribution is 5.34. The number of alkyl halides is 3. The number of halogens is 3. The van der Waals surface area contributed by atoms with Crippen molar-refractivity contribution in [3.63, 3.8) is 0 Å². The summed E-state index contributed by atoms with van der Waals surface area (Å²) in [4.78, 5) is 0. The third-order valence-electron chi connectivity index (χ3n) is 3.65. The number of nitrogens with two attached hydrogens (primary N) is 1. The average molecular weight is 287 g/mol. The molecule has 1 nitrogen and oxygen atoms in total. The molecule has 1 aromatic rings. The summed E-state index contributed by atoms with van der Waals surface area (Å²) in [6, 6.07) is 4.55. The molecule has 0 bridgehead atoms. The van der Waals surface area contributed by atoms with Crippen LogP contribution in [0.5, 0.6) is 0 Å². The number of rotatable bonds is 6. The molecule has 4 heteroatoms. The molecular formula is C16H24F3N. The topological polar surface area (TPSA) is 26.0 Å². The van der Waals surface area contributed by atoms with Crippen LogP contribution in [-0.2, 0) is 12.6 Å². The van der Waals surface area contributed by atoms with E-state index >= 15 is 0 Å². The Hall–Kier alpha value is -1.03. The first-order valence-electron chi connectivity index (χ1n) is 7.20. The number of aryl methyl sites for hydroxylation is 1. The second kappa shape index (κ2) is 7.11. The summed E-state index contributed by atoms with van der Waals surface area (Å²) in [5.41, 5.74) is 6.68. The van der Waals surface area contributed by atoms with Crippen molar-refractivity contribution in [1.29, 1.82) is 0 Å². The zero-order valence-corrected chi connectivity index (χ0v) is 12.4. The van der Waals surface area contributed by atoms with E-state index in [1.54, 1.807) is 0 Å². The first-order valence-corrected chi connectivity index (χ1v) is 7.20. The Balaban J connectivity index is 2.98. The first-order chi connectivity index (χ1) is 9.24. The summed E-state index contributed by atoms with van der Waals surface area (Å²) >= 11 is 0. The molecule has 0 spiro atoms.